The lowest BCUT2D eigenvalue weighted by Crippen LogP contribution is -2.32. The van der Waals surface area contributed by atoms with Crippen molar-refractivity contribution in [3.8, 4) is 0 Å². The van der Waals surface area contributed by atoms with Gasteiger partial charge in [0.2, 0.25) is 5.91 Å². The lowest BCUT2D eigenvalue weighted by Gasteiger charge is -2.21. The third kappa shape index (κ3) is 4.63. The van der Waals surface area contributed by atoms with Gasteiger partial charge in [0.05, 0.1) is 5.25 Å². The Hall–Kier alpha value is -1.74. The fourth-order valence-corrected chi connectivity index (χ4v) is 3.38. The number of nitrogens with zero attached hydrogens (tertiary/aromatic N) is 1. The molecule has 0 aliphatic heterocycles. The molecule has 0 fully saturated rings. The van der Waals surface area contributed by atoms with Crippen molar-refractivity contribution >= 4 is 17.7 Å². The van der Waals surface area contributed by atoms with Crippen molar-refractivity contribution in [2.45, 2.75) is 31.4 Å². The van der Waals surface area contributed by atoms with Crippen LogP contribution in [0.2, 0.25) is 0 Å². The van der Waals surface area contributed by atoms with Gasteiger partial charge >= 0.3 is 0 Å². The van der Waals surface area contributed by atoms with Gasteiger partial charge in [0.1, 0.15) is 0 Å². The molecule has 1 unspecified atom stereocenters. The van der Waals surface area contributed by atoms with E-state index in [0.29, 0.717) is 6.54 Å². The maximum Gasteiger partial charge on any atom is 0.235 e. The van der Waals surface area contributed by atoms with Crippen LogP contribution in [0.25, 0.3) is 0 Å². The summed E-state index contributed by atoms with van der Waals surface area (Å²) >= 11 is 1.70. The molecule has 0 heterocycles. The van der Waals surface area contributed by atoms with Gasteiger partial charge in [-0.3, -0.25) is 4.79 Å². The Morgan fingerprint density at radius 1 is 1.09 bits per heavy atom. The van der Waals surface area contributed by atoms with Crippen LogP contribution in [0.15, 0.2) is 54.6 Å². The summed E-state index contributed by atoms with van der Waals surface area (Å²) in [7, 11) is 1.88. The van der Waals surface area contributed by atoms with Crippen LogP contribution < -0.4 is 0 Å². The largest absolute Gasteiger partial charge is 0.340 e. The third-order valence-corrected chi connectivity index (χ3v) is 4.92. The summed E-state index contributed by atoms with van der Waals surface area (Å²) in [6.45, 7) is 4.77. The van der Waals surface area contributed by atoms with Gasteiger partial charge in [-0.05, 0) is 30.5 Å². The molecule has 1 atom stereocenters. The molecule has 0 radical (unpaired) electrons. The number of amides is 1. The Balaban J connectivity index is 1.87. The monoisotopic (exact) mass is 313 g/mol. The van der Waals surface area contributed by atoms with Crippen LogP contribution >= 0.6 is 11.8 Å². The molecule has 0 aliphatic carbocycles. The Morgan fingerprint density at radius 2 is 1.73 bits per heavy atom. The molecule has 0 saturated carbocycles. The maximum atomic E-state index is 12.5. The van der Waals surface area contributed by atoms with E-state index in [9.17, 15) is 4.79 Å². The highest BCUT2D eigenvalue weighted by Crippen LogP contribution is 2.21. The summed E-state index contributed by atoms with van der Waals surface area (Å²) in [5.41, 5.74) is 3.75. The van der Waals surface area contributed by atoms with Crippen molar-refractivity contribution in [1.29, 1.82) is 0 Å². The number of carbonyl (C=O) groups excluding carboxylic acids is 1. The Bertz CT molecular complexity index is 612. The number of hydrogen-bond acceptors (Lipinski definition) is 2. The van der Waals surface area contributed by atoms with E-state index in [1.165, 1.54) is 11.1 Å². The molecule has 0 N–H and O–H groups in total. The lowest BCUT2D eigenvalue weighted by atomic mass is 10.1. The minimum absolute atomic E-state index is 0.0340. The zero-order valence-electron chi connectivity index (χ0n) is 13.5. The quantitative estimate of drug-likeness (QED) is 0.793. The Labute approximate surface area is 137 Å². The average Bonchev–Trinajstić information content (AvgIpc) is 2.54. The molecule has 0 bridgehead atoms. The highest BCUT2D eigenvalue weighted by Gasteiger charge is 2.18. The average molecular weight is 313 g/mol. The SMILES string of the molecule is Cc1ccccc1CSC(C)C(=O)N(C)Cc1ccccc1. The van der Waals surface area contributed by atoms with E-state index >= 15 is 0 Å². The Kier molecular flexibility index (Phi) is 6.08. The number of benzene rings is 2. The lowest BCUT2D eigenvalue weighted by molar-refractivity contribution is -0.129. The van der Waals surface area contributed by atoms with Gasteiger partial charge < -0.3 is 4.90 Å². The first-order chi connectivity index (χ1) is 10.6. The van der Waals surface area contributed by atoms with Crippen LogP contribution in [-0.2, 0) is 17.1 Å². The highest BCUT2D eigenvalue weighted by atomic mass is 32.2. The normalized spacial score (nSPS) is 12.0. The van der Waals surface area contributed by atoms with E-state index in [-0.39, 0.29) is 11.2 Å². The topological polar surface area (TPSA) is 20.3 Å². The molecule has 3 heteroatoms. The van der Waals surface area contributed by atoms with Crippen molar-refractivity contribution in [3.05, 3.63) is 71.3 Å². The van der Waals surface area contributed by atoms with Gasteiger partial charge in [0, 0.05) is 19.3 Å². The summed E-state index contributed by atoms with van der Waals surface area (Å²) < 4.78 is 0. The molecule has 0 aliphatic rings. The second kappa shape index (κ2) is 8.04. The van der Waals surface area contributed by atoms with Crippen molar-refractivity contribution in [1.82, 2.24) is 4.90 Å². The maximum absolute atomic E-state index is 12.5. The molecule has 2 nitrogen and oxygen atoms in total. The predicted molar refractivity (Wildman–Crippen MR) is 94.9 cm³/mol. The van der Waals surface area contributed by atoms with E-state index in [1.54, 1.807) is 11.8 Å². The molecule has 1 amide bonds. The van der Waals surface area contributed by atoms with E-state index < -0.39 is 0 Å². The predicted octanol–water partition coefficient (Wildman–Crippen LogP) is 4.28. The summed E-state index contributed by atoms with van der Waals surface area (Å²) in [5, 5.41) is -0.0340. The molecular weight excluding hydrogens is 290 g/mol. The Morgan fingerprint density at radius 3 is 2.41 bits per heavy atom. The van der Waals surface area contributed by atoms with Crippen LogP contribution in [-0.4, -0.2) is 23.1 Å². The molecule has 2 aromatic rings. The van der Waals surface area contributed by atoms with Gasteiger partial charge in [-0.25, -0.2) is 0 Å². The molecule has 0 aromatic heterocycles. The summed E-state index contributed by atoms with van der Waals surface area (Å²) in [5.74, 6) is 1.06. The number of carbonyl (C=O) groups is 1. The van der Waals surface area contributed by atoms with Gasteiger partial charge in [0.15, 0.2) is 0 Å². The van der Waals surface area contributed by atoms with Crippen LogP contribution in [0.5, 0.6) is 0 Å². The van der Waals surface area contributed by atoms with Crippen molar-refractivity contribution in [3.63, 3.8) is 0 Å². The van der Waals surface area contributed by atoms with Crippen molar-refractivity contribution < 1.29 is 4.79 Å². The second-order valence-corrected chi connectivity index (χ2v) is 6.89. The van der Waals surface area contributed by atoms with Gasteiger partial charge in [-0.2, -0.15) is 0 Å². The van der Waals surface area contributed by atoms with E-state index in [2.05, 4.69) is 37.3 Å². The van der Waals surface area contributed by atoms with Crippen LogP contribution in [0, 0.1) is 6.92 Å². The van der Waals surface area contributed by atoms with Crippen LogP contribution in [0.4, 0.5) is 0 Å². The summed E-state index contributed by atoms with van der Waals surface area (Å²) in [4.78, 5) is 14.3. The van der Waals surface area contributed by atoms with Gasteiger partial charge in [-0.1, -0.05) is 54.6 Å². The highest BCUT2D eigenvalue weighted by molar-refractivity contribution is 7.99. The van der Waals surface area contributed by atoms with E-state index in [1.807, 2.05) is 43.1 Å². The first-order valence-corrected chi connectivity index (χ1v) is 8.58. The zero-order valence-corrected chi connectivity index (χ0v) is 14.3. The van der Waals surface area contributed by atoms with Crippen LogP contribution in [0.1, 0.15) is 23.6 Å². The first-order valence-electron chi connectivity index (χ1n) is 7.53. The standard InChI is InChI=1S/C19H23NOS/c1-15-9-7-8-12-18(15)14-22-16(2)19(21)20(3)13-17-10-5-4-6-11-17/h4-12,16H,13-14H2,1-3H3. The first kappa shape index (κ1) is 16.6. The second-order valence-electron chi connectivity index (χ2n) is 5.56. The number of hydrogen-bond donors (Lipinski definition) is 0. The molecule has 2 aromatic carbocycles. The van der Waals surface area contributed by atoms with Gasteiger partial charge in [0.25, 0.3) is 0 Å². The minimum atomic E-state index is -0.0340. The number of aryl methyl sites for hydroxylation is 1. The summed E-state index contributed by atoms with van der Waals surface area (Å²) in [6.07, 6.45) is 0. The molecule has 0 saturated heterocycles. The summed E-state index contributed by atoms with van der Waals surface area (Å²) in [6, 6.07) is 18.4. The number of thioether (sulfide) groups is 1. The van der Waals surface area contributed by atoms with Gasteiger partial charge in [-0.15, -0.1) is 11.8 Å². The van der Waals surface area contributed by atoms with E-state index in [0.717, 1.165) is 11.3 Å². The smallest absolute Gasteiger partial charge is 0.235 e. The molecule has 0 spiro atoms. The van der Waals surface area contributed by atoms with E-state index in [4.69, 9.17) is 0 Å². The third-order valence-electron chi connectivity index (χ3n) is 3.74. The molecule has 22 heavy (non-hydrogen) atoms. The molecule has 2 rings (SSSR count). The fourth-order valence-electron chi connectivity index (χ4n) is 2.30. The fraction of sp³-hybridized carbons (Fsp3) is 0.316. The van der Waals surface area contributed by atoms with Crippen molar-refractivity contribution in [2.24, 2.45) is 0 Å². The number of rotatable bonds is 6. The molecular formula is C19H23NOS. The van der Waals surface area contributed by atoms with Crippen molar-refractivity contribution in [2.75, 3.05) is 7.05 Å². The molecule has 116 valence electrons. The zero-order chi connectivity index (χ0) is 15.9. The van der Waals surface area contributed by atoms with Crippen LogP contribution in [0.3, 0.4) is 0 Å². The minimum Gasteiger partial charge on any atom is -0.340 e.